The highest BCUT2D eigenvalue weighted by Gasteiger charge is 2.32. The Morgan fingerprint density at radius 3 is 2.52 bits per heavy atom. The van der Waals surface area contributed by atoms with Crippen LogP contribution in [-0.2, 0) is 19.2 Å². The van der Waals surface area contributed by atoms with E-state index in [1.54, 1.807) is 53.2 Å². The Bertz CT molecular complexity index is 2020. The molecule has 0 spiro atoms. The Labute approximate surface area is 260 Å². The van der Waals surface area contributed by atoms with Crippen LogP contribution in [0.1, 0.15) is 27.0 Å². The summed E-state index contributed by atoms with van der Waals surface area (Å²) >= 11 is 1.28. The monoisotopic (exact) mass is 659 g/mol. The maximum absolute atomic E-state index is 13.3. The second kappa shape index (κ2) is 12.3. The average molecular weight is 660 g/mol. The molecular weight excluding hydrogens is 637 g/mol. The SMILES string of the molecule is COc1cc(OCc2cccc(CC(=O)c3cc(OC(F)F)cc(C(F)(F)F)c3)c2)c2cc(-c3cn4nc(OC)sc4n3)oc2c1. The fourth-order valence-electron chi connectivity index (χ4n) is 4.70. The molecule has 0 fully saturated rings. The Kier molecular flexibility index (Phi) is 8.25. The Hall–Kier alpha value is -5.18. The van der Waals surface area contributed by atoms with E-state index in [4.69, 9.17) is 18.6 Å². The van der Waals surface area contributed by atoms with E-state index in [0.717, 1.165) is 6.07 Å². The second-order valence-electron chi connectivity index (χ2n) is 9.90. The third kappa shape index (κ3) is 6.59. The lowest BCUT2D eigenvalue weighted by atomic mass is 9.99. The molecule has 0 atom stereocenters. The molecule has 0 saturated heterocycles. The number of ether oxygens (including phenoxy) is 4. The zero-order valence-electron chi connectivity index (χ0n) is 23.9. The van der Waals surface area contributed by atoms with Gasteiger partial charge in [-0.05, 0) is 46.7 Å². The molecule has 0 saturated carbocycles. The van der Waals surface area contributed by atoms with Gasteiger partial charge in [0.25, 0.3) is 5.19 Å². The van der Waals surface area contributed by atoms with E-state index >= 15 is 0 Å². The summed E-state index contributed by atoms with van der Waals surface area (Å²) in [4.78, 5) is 18.1. The number of benzene rings is 3. The summed E-state index contributed by atoms with van der Waals surface area (Å²) in [6, 6.07) is 13.8. The molecule has 0 radical (unpaired) electrons. The molecule has 0 N–H and O–H groups in total. The first kappa shape index (κ1) is 30.8. The van der Waals surface area contributed by atoms with E-state index in [1.807, 2.05) is 0 Å². The first-order chi connectivity index (χ1) is 22.0. The molecule has 3 aromatic carbocycles. The van der Waals surface area contributed by atoms with E-state index in [0.29, 0.717) is 67.3 Å². The summed E-state index contributed by atoms with van der Waals surface area (Å²) in [5.74, 6) is -0.0658. The van der Waals surface area contributed by atoms with Crippen molar-refractivity contribution >= 4 is 33.1 Å². The summed E-state index contributed by atoms with van der Waals surface area (Å²) in [7, 11) is 3.03. The quantitative estimate of drug-likeness (QED) is 0.103. The highest BCUT2D eigenvalue weighted by Crippen LogP contribution is 2.38. The summed E-state index contributed by atoms with van der Waals surface area (Å²) in [5, 5.41) is 5.39. The van der Waals surface area contributed by atoms with Gasteiger partial charge in [0.2, 0.25) is 4.96 Å². The van der Waals surface area contributed by atoms with Gasteiger partial charge in [-0.15, -0.1) is 5.10 Å². The Morgan fingerprint density at radius 1 is 1.00 bits per heavy atom. The van der Waals surface area contributed by atoms with Crippen molar-refractivity contribution in [3.8, 4) is 33.9 Å². The minimum atomic E-state index is -4.87. The number of fused-ring (bicyclic) bond motifs is 2. The van der Waals surface area contributed by atoms with Gasteiger partial charge in [-0.2, -0.15) is 22.0 Å². The van der Waals surface area contributed by atoms with Crippen molar-refractivity contribution in [2.75, 3.05) is 14.2 Å². The number of halogens is 5. The molecule has 3 heterocycles. The number of furan rings is 1. The van der Waals surface area contributed by atoms with Crippen molar-refractivity contribution in [1.29, 1.82) is 0 Å². The summed E-state index contributed by atoms with van der Waals surface area (Å²) in [6.07, 6.45) is -3.45. The molecule has 3 aromatic heterocycles. The Morgan fingerprint density at radius 2 is 1.80 bits per heavy atom. The lowest BCUT2D eigenvalue weighted by molar-refractivity contribution is -0.138. The number of carbonyl (C=O) groups is 1. The normalized spacial score (nSPS) is 11.8. The minimum absolute atomic E-state index is 0.0602. The second-order valence-corrected chi connectivity index (χ2v) is 10.8. The average Bonchev–Trinajstić information content (AvgIpc) is 3.72. The molecular formula is C31H22F5N3O6S. The molecule has 0 aliphatic carbocycles. The molecule has 0 bridgehead atoms. The molecule has 6 rings (SSSR count). The Balaban J connectivity index is 1.21. The molecule has 6 aromatic rings. The largest absolute Gasteiger partial charge is 0.496 e. The number of ketones is 1. The predicted molar refractivity (Wildman–Crippen MR) is 156 cm³/mol. The molecule has 238 valence electrons. The lowest BCUT2D eigenvalue weighted by Gasteiger charge is -2.13. The molecule has 46 heavy (non-hydrogen) atoms. The zero-order valence-corrected chi connectivity index (χ0v) is 24.7. The first-order valence-corrected chi connectivity index (χ1v) is 14.2. The van der Waals surface area contributed by atoms with Crippen molar-refractivity contribution in [2.24, 2.45) is 0 Å². The topological polar surface area (TPSA) is 97.3 Å². The molecule has 0 aliphatic rings. The molecule has 0 aliphatic heterocycles. The highest BCUT2D eigenvalue weighted by molar-refractivity contribution is 7.18. The van der Waals surface area contributed by atoms with Crippen LogP contribution in [0.3, 0.4) is 0 Å². The summed E-state index contributed by atoms with van der Waals surface area (Å²) < 4.78 is 93.9. The van der Waals surface area contributed by atoms with E-state index < -0.39 is 35.4 Å². The zero-order chi connectivity index (χ0) is 32.6. The van der Waals surface area contributed by atoms with Crippen molar-refractivity contribution < 1.29 is 50.1 Å². The van der Waals surface area contributed by atoms with Crippen LogP contribution in [-0.4, -0.2) is 41.2 Å². The standard InChI is InChI=1S/C31H22F5N3O6S/c1-41-20-11-25(22-13-27(45-26(22)12-20)23-14-39-29(37-23)46-30(38-39)42-2)43-15-17-5-3-4-16(6-17)7-24(40)18-8-19(31(34,35)36)10-21(9-18)44-28(32)33/h3-6,8-14,28H,7,15H2,1-2H3. The van der Waals surface area contributed by atoms with Gasteiger partial charge in [0.1, 0.15) is 35.1 Å². The van der Waals surface area contributed by atoms with Gasteiger partial charge in [-0.25, -0.2) is 9.50 Å². The van der Waals surface area contributed by atoms with Crippen LogP contribution in [0.4, 0.5) is 22.0 Å². The third-order valence-electron chi connectivity index (χ3n) is 6.79. The van der Waals surface area contributed by atoms with E-state index in [-0.39, 0.29) is 13.0 Å². The number of Topliss-reactive ketones (excluding diaryl/α,β-unsaturated/α-hetero) is 1. The van der Waals surface area contributed by atoms with Crippen LogP contribution in [0.5, 0.6) is 22.4 Å². The van der Waals surface area contributed by atoms with Crippen molar-refractivity contribution in [3.05, 3.63) is 89.1 Å². The van der Waals surface area contributed by atoms with Gasteiger partial charge in [0.15, 0.2) is 11.5 Å². The number of hydrogen-bond acceptors (Lipinski definition) is 9. The molecule has 9 nitrogen and oxygen atoms in total. The molecule has 0 unspecified atom stereocenters. The van der Waals surface area contributed by atoms with Gasteiger partial charge in [-0.1, -0.05) is 24.3 Å². The van der Waals surface area contributed by atoms with Crippen molar-refractivity contribution in [3.63, 3.8) is 0 Å². The number of methoxy groups -OCH3 is 2. The fraction of sp³-hybridized carbons (Fsp3) is 0.194. The summed E-state index contributed by atoms with van der Waals surface area (Å²) in [5.41, 5.74) is 0.494. The maximum atomic E-state index is 13.3. The summed E-state index contributed by atoms with van der Waals surface area (Å²) in [6.45, 7) is -3.29. The maximum Gasteiger partial charge on any atom is 0.416 e. The third-order valence-corrected chi connectivity index (χ3v) is 7.68. The van der Waals surface area contributed by atoms with Gasteiger partial charge >= 0.3 is 12.8 Å². The number of alkyl halides is 5. The smallest absolute Gasteiger partial charge is 0.416 e. The highest BCUT2D eigenvalue weighted by atomic mass is 32.1. The number of imidazole rings is 1. The van der Waals surface area contributed by atoms with Crippen molar-refractivity contribution in [2.45, 2.75) is 25.8 Å². The van der Waals surface area contributed by atoms with Crippen LogP contribution in [0.25, 0.3) is 27.4 Å². The van der Waals surface area contributed by atoms with Crippen molar-refractivity contribution in [1.82, 2.24) is 14.6 Å². The van der Waals surface area contributed by atoms with Crippen LogP contribution < -0.4 is 18.9 Å². The molecule has 15 heteroatoms. The fourth-order valence-corrected chi connectivity index (χ4v) is 5.40. The van der Waals surface area contributed by atoms with Crippen LogP contribution in [0.15, 0.2) is 71.3 Å². The number of carbonyl (C=O) groups excluding carboxylic acids is 1. The molecule has 0 amide bonds. The van der Waals surface area contributed by atoms with Gasteiger partial charge in [-0.3, -0.25) is 4.79 Å². The van der Waals surface area contributed by atoms with E-state index in [9.17, 15) is 26.7 Å². The number of hydrogen-bond donors (Lipinski definition) is 0. The van der Waals surface area contributed by atoms with Crippen LogP contribution >= 0.6 is 11.3 Å². The number of nitrogens with zero attached hydrogens (tertiary/aromatic N) is 3. The lowest BCUT2D eigenvalue weighted by Crippen LogP contribution is -2.11. The number of rotatable bonds is 11. The van der Waals surface area contributed by atoms with Crippen LogP contribution in [0.2, 0.25) is 0 Å². The van der Waals surface area contributed by atoms with E-state index in [1.165, 1.54) is 25.6 Å². The van der Waals surface area contributed by atoms with Gasteiger partial charge in [0.05, 0.1) is 31.4 Å². The van der Waals surface area contributed by atoms with E-state index in [2.05, 4.69) is 14.8 Å². The number of aromatic nitrogens is 3. The predicted octanol–water partition coefficient (Wildman–Crippen LogP) is 7.85. The van der Waals surface area contributed by atoms with Gasteiger partial charge < -0.3 is 23.4 Å². The first-order valence-electron chi connectivity index (χ1n) is 13.4. The minimum Gasteiger partial charge on any atom is -0.496 e. The van der Waals surface area contributed by atoms with Crippen LogP contribution in [0, 0.1) is 0 Å². The van der Waals surface area contributed by atoms with Gasteiger partial charge in [0, 0.05) is 24.1 Å².